The quantitative estimate of drug-likeness (QED) is 0.573. The van der Waals surface area contributed by atoms with Crippen LogP contribution in [-0.4, -0.2) is 10.9 Å². The first-order valence-electron chi connectivity index (χ1n) is 7.60. The molecular formula is C17H19ClFNO. The van der Waals surface area contributed by atoms with Crippen molar-refractivity contribution in [2.45, 2.75) is 44.9 Å². The highest BCUT2D eigenvalue weighted by Crippen LogP contribution is 2.42. The molecule has 0 unspecified atom stereocenters. The Morgan fingerprint density at radius 1 is 1.14 bits per heavy atom. The monoisotopic (exact) mass is 307 g/mol. The second kappa shape index (κ2) is 6.18. The van der Waals surface area contributed by atoms with Gasteiger partial charge in [0, 0.05) is 5.57 Å². The van der Waals surface area contributed by atoms with Crippen LogP contribution in [0.4, 0.5) is 4.39 Å². The third kappa shape index (κ3) is 2.84. The maximum Gasteiger partial charge on any atom is 0.142 e. The molecule has 0 spiro atoms. The van der Waals surface area contributed by atoms with Gasteiger partial charge in [0.1, 0.15) is 5.82 Å². The van der Waals surface area contributed by atoms with Gasteiger partial charge in [0.05, 0.1) is 10.7 Å². The Labute approximate surface area is 129 Å². The van der Waals surface area contributed by atoms with Crippen LogP contribution >= 0.6 is 11.6 Å². The highest BCUT2D eigenvalue weighted by Gasteiger charge is 2.29. The van der Waals surface area contributed by atoms with Crippen LogP contribution in [0.25, 0.3) is 5.57 Å². The van der Waals surface area contributed by atoms with Gasteiger partial charge in [-0.25, -0.2) is 4.39 Å². The van der Waals surface area contributed by atoms with Gasteiger partial charge in [-0.2, -0.15) is 0 Å². The number of rotatable bonds is 2. The molecule has 0 heterocycles. The fraction of sp³-hybridized carbons (Fsp3) is 0.471. The third-order valence-corrected chi connectivity index (χ3v) is 4.97. The molecule has 2 aliphatic rings. The van der Waals surface area contributed by atoms with Crippen LogP contribution in [-0.2, 0) is 0 Å². The summed E-state index contributed by atoms with van der Waals surface area (Å²) in [6.07, 6.45) is 7.84. The fourth-order valence-electron chi connectivity index (χ4n) is 3.65. The van der Waals surface area contributed by atoms with E-state index in [0.717, 1.165) is 24.0 Å². The number of nitrogens with zero attached hydrogens (tertiary/aromatic N) is 1. The second-order valence-electron chi connectivity index (χ2n) is 5.91. The van der Waals surface area contributed by atoms with E-state index < -0.39 is 5.82 Å². The van der Waals surface area contributed by atoms with Crippen molar-refractivity contribution in [3.63, 3.8) is 0 Å². The molecule has 0 aromatic heterocycles. The van der Waals surface area contributed by atoms with E-state index in [1.807, 2.05) is 6.07 Å². The van der Waals surface area contributed by atoms with Crippen molar-refractivity contribution in [1.29, 1.82) is 0 Å². The highest BCUT2D eigenvalue weighted by molar-refractivity contribution is 6.31. The maximum atomic E-state index is 13.8. The molecule has 0 amide bonds. The minimum atomic E-state index is -0.422. The lowest BCUT2D eigenvalue weighted by Crippen LogP contribution is -2.09. The summed E-state index contributed by atoms with van der Waals surface area (Å²) >= 11 is 5.77. The molecule has 1 N–H and O–H groups in total. The van der Waals surface area contributed by atoms with Crippen LogP contribution in [0.3, 0.4) is 0 Å². The fourth-order valence-corrected chi connectivity index (χ4v) is 3.77. The van der Waals surface area contributed by atoms with E-state index >= 15 is 0 Å². The van der Waals surface area contributed by atoms with E-state index in [1.54, 1.807) is 6.07 Å². The summed E-state index contributed by atoms with van der Waals surface area (Å²) in [5.74, 6) is 0.126. The van der Waals surface area contributed by atoms with Crippen molar-refractivity contribution in [1.82, 2.24) is 0 Å². The van der Waals surface area contributed by atoms with Gasteiger partial charge >= 0.3 is 0 Å². The molecule has 112 valence electrons. The number of halogens is 2. The molecule has 2 aliphatic carbocycles. The molecule has 1 saturated carbocycles. The van der Waals surface area contributed by atoms with Crippen LogP contribution < -0.4 is 0 Å². The van der Waals surface area contributed by atoms with E-state index in [1.165, 1.54) is 43.7 Å². The summed E-state index contributed by atoms with van der Waals surface area (Å²) < 4.78 is 13.8. The highest BCUT2D eigenvalue weighted by atomic mass is 35.5. The maximum absolute atomic E-state index is 13.8. The summed E-state index contributed by atoms with van der Waals surface area (Å²) in [5, 5.41) is 12.8. The molecule has 3 rings (SSSR count). The smallest absolute Gasteiger partial charge is 0.142 e. The number of oxime groups is 1. The first-order valence-corrected chi connectivity index (χ1v) is 7.98. The standard InChI is InChI=1S/C17H19ClFNO/c18-14-8-6-12(10-15(14)19)17-13(7-9-16(17)20-21)11-4-2-1-3-5-11/h6,8,10-11,21H,1-5,7,9H2/b20-16-. The largest absolute Gasteiger partial charge is 0.411 e. The molecule has 1 aromatic carbocycles. The zero-order valence-corrected chi connectivity index (χ0v) is 12.7. The summed E-state index contributed by atoms with van der Waals surface area (Å²) in [7, 11) is 0. The molecule has 4 heteroatoms. The van der Waals surface area contributed by atoms with Crippen LogP contribution in [0.1, 0.15) is 50.5 Å². The molecule has 21 heavy (non-hydrogen) atoms. The van der Waals surface area contributed by atoms with Gasteiger partial charge in [-0.1, -0.05) is 47.7 Å². The molecular weight excluding hydrogens is 289 g/mol. The zero-order chi connectivity index (χ0) is 14.8. The Kier molecular flexibility index (Phi) is 4.29. The SMILES string of the molecule is O/N=C1/CCC(C2CCCCC2)=C1c1ccc(Cl)c(F)c1. The first-order chi connectivity index (χ1) is 10.2. The van der Waals surface area contributed by atoms with E-state index in [0.29, 0.717) is 11.6 Å². The van der Waals surface area contributed by atoms with E-state index in [9.17, 15) is 9.60 Å². The Bertz CT molecular complexity index is 603. The summed E-state index contributed by atoms with van der Waals surface area (Å²) in [6, 6.07) is 4.85. The molecule has 0 bridgehead atoms. The average molecular weight is 308 g/mol. The van der Waals surface area contributed by atoms with Crippen molar-refractivity contribution >= 4 is 22.9 Å². The normalized spacial score (nSPS) is 22.3. The molecule has 1 fully saturated rings. The number of allylic oxidation sites excluding steroid dienone is 2. The van der Waals surface area contributed by atoms with E-state index in [2.05, 4.69) is 5.16 Å². The molecule has 2 nitrogen and oxygen atoms in total. The van der Waals surface area contributed by atoms with Crippen LogP contribution in [0.2, 0.25) is 5.02 Å². The summed E-state index contributed by atoms with van der Waals surface area (Å²) in [4.78, 5) is 0. The number of hydrogen-bond donors (Lipinski definition) is 1. The number of hydrogen-bond acceptors (Lipinski definition) is 2. The minimum Gasteiger partial charge on any atom is -0.411 e. The van der Waals surface area contributed by atoms with Gasteiger partial charge in [-0.3, -0.25) is 0 Å². The van der Waals surface area contributed by atoms with Crippen LogP contribution in [0, 0.1) is 11.7 Å². The predicted octanol–water partition coefficient (Wildman–Crippen LogP) is 5.44. The van der Waals surface area contributed by atoms with Crippen molar-refractivity contribution in [3.8, 4) is 0 Å². The molecule has 0 saturated heterocycles. The summed E-state index contributed by atoms with van der Waals surface area (Å²) in [6.45, 7) is 0. The van der Waals surface area contributed by atoms with Gasteiger partial charge in [0.2, 0.25) is 0 Å². The Morgan fingerprint density at radius 2 is 1.90 bits per heavy atom. The molecule has 1 aromatic rings. The lowest BCUT2D eigenvalue weighted by molar-refractivity contribution is 0.319. The lowest BCUT2D eigenvalue weighted by atomic mass is 9.81. The zero-order valence-electron chi connectivity index (χ0n) is 11.9. The topological polar surface area (TPSA) is 32.6 Å². The van der Waals surface area contributed by atoms with E-state index in [4.69, 9.17) is 11.6 Å². The van der Waals surface area contributed by atoms with Gasteiger partial charge in [0.25, 0.3) is 0 Å². The Hall–Kier alpha value is -1.35. The lowest BCUT2D eigenvalue weighted by Gasteiger charge is -2.24. The Morgan fingerprint density at radius 3 is 2.57 bits per heavy atom. The second-order valence-corrected chi connectivity index (χ2v) is 6.32. The predicted molar refractivity (Wildman–Crippen MR) is 83.4 cm³/mol. The van der Waals surface area contributed by atoms with Gasteiger partial charge < -0.3 is 5.21 Å². The van der Waals surface area contributed by atoms with Gasteiger partial charge in [-0.15, -0.1) is 0 Å². The molecule has 0 atom stereocenters. The van der Waals surface area contributed by atoms with Crippen molar-refractivity contribution in [3.05, 3.63) is 40.2 Å². The first kappa shape index (κ1) is 14.6. The van der Waals surface area contributed by atoms with Gasteiger partial charge in [-0.05, 0) is 49.3 Å². The van der Waals surface area contributed by atoms with Crippen LogP contribution in [0.5, 0.6) is 0 Å². The third-order valence-electron chi connectivity index (χ3n) is 4.67. The minimum absolute atomic E-state index is 0.124. The molecule has 0 radical (unpaired) electrons. The van der Waals surface area contributed by atoms with Gasteiger partial charge in [0.15, 0.2) is 0 Å². The molecule has 0 aliphatic heterocycles. The summed E-state index contributed by atoms with van der Waals surface area (Å²) in [5.41, 5.74) is 3.74. The average Bonchev–Trinajstić information content (AvgIpc) is 2.95. The van der Waals surface area contributed by atoms with Crippen molar-refractivity contribution in [2.24, 2.45) is 11.1 Å². The van der Waals surface area contributed by atoms with Crippen LogP contribution in [0.15, 0.2) is 28.9 Å². The van der Waals surface area contributed by atoms with Crippen molar-refractivity contribution < 1.29 is 9.60 Å². The Balaban J connectivity index is 2.05. The number of benzene rings is 1. The van der Waals surface area contributed by atoms with Crippen molar-refractivity contribution in [2.75, 3.05) is 0 Å². The van der Waals surface area contributed by atoms with E-state index in [-0.39, 0.29) is 5.02 Å².